The molecule has 2 aromatic carbocycles. The number of likely N-dealkylation sites (tertiary alicyclic amines) is 1. The van der Waals surface area contributed by atoms with Gasteiger partial charge in [-0.05, 0) is 37.1 Å². The van der Waals surface area contributed by atoms with Crippen LogP contribution in [0.2, 0.25) is 0 Å². The summed E-state index contributed by atoms with van der Waals surface area (Å²) in [6.07, 6.45) is 1.93. The summed E-state index contributed by atoms with van der Waals surface area (Å²) in [5.41, 5.74) is 2.93. The van der Waals surface area contributed by atoms with E-state index in [1.54, 1.807) is 16.7 Å². The Morgan fingerprint density at radius 2 is 1.88 bits per heavy atom. The number of benzene rings is 2. The number of carbonyl (C=O) groups is 1. The molecule has 1 aliphatic heterocycles. The summed E-state index contributed by atoms with van der Waals surface area (Å²) >= 11 is 6.44. The molecule has 174 valence electrons. The first-order chi connectivity index (χ1) is 16.5. The van der Waals surface area contributed by atoms with Gasteiger partial charge in [0.05, 0.1) is 22.8 Å². The first-order valence-electron chi connectivity index (χ1n) is 10.9. The van der Waals surface area contributed by atoms with E-state index in [0.29, 0.717) is 29.7 Å². The van der Waals surface area contributed by atoms with E-state index < -0.39 is 11.6 Å². The molecule has 0 aliphatic carbocycles. The van der Waals surface area contributed by atoms with Crippen molar-refractivity contribution in [3.8, 4) is 21.8 Å². The van der Waals surface area contributed by atoms with Gasteiger partial charge in [0, 0.05) is 51.4 Å². The largest absolute Gasteiger partial charge is 0.342 e. The van der Waals surface area contributed by atoms with E-state index in [9.17, 15) is 13.6 Å². The maximum absolute atomic E-state index is 14.0. The summed E-state index contributed by atoms with van der Waals surface area (Å²) in [5.74, 6) is -0.913. The van der Waals surface area contributed by atoms with Crippen LogP contribution in [0.3, 0.4) is 0 Å². The molecule has 1 saturated heterocycles. The summed E-state index contributed by atoms with van der Waals surface area (Å²) in [6, 6.07) is 11.5. The van der Waals surface area contributed by atoms with Crippen LogP contribution in [-0.2, 0) is 11.2 Å². The van der Waals surface area contributed by atoms with Gasteiger partial charge >= 0.3 is 0 Å². The molecule has 1 fully saturated rings. The quantitative estimate of drug-likeness (QED) is 0.266. The molecule has 0 radical (unpaired) electrons. The van der Waals surface area contributed by atoms with Crippen LogP contribution in [0.15, 0.2) is 57.7 Å². The van der Waals surface area contributed by atoms with Crippen molar-refractivity contribution >= 4 is 44.5 Å². The average molecular weight is 560 g/mol. The topological polar surface area (TPSA) is 46.1 Å². The van der Waals surface area contributed by atoms with Crippen LogP contribution in [0.4, 0.5) is 8.78 Å². The Morgan fingerprint density at radius 1 is 1.06 bits per heavy atom. The van der Waals surface area contributed by atoms with Gasteiger partial charge in [0.1, 0.15) is 16.6 Å². The Hall–Kier alpha value is -2.49. The average Bonchev–Trinajstić information content (AvgIpc) is 3.49. The van der Waals surface area contributed by atoms with Gasteiger partial charge in [-0.25, -0.2) is 18.7 Å². The molecule has 4 aromatic rings. The molecule has 1 amide bonds. The van der Waals surface area contributed by atoms with Crippen molar-refractivity contribution in [2.45, 2.75) is 25.2 Å². The van der Waals surface area contributed by atoms with E-state index in [-0.39, 0.29) is 17.9 Å². The van der Waals surface area contributed by atoms with E-state index in [4.69, 9.17) is 4.98 Å². The molecule has 3 heterocycles. The van der Waals surface area contributed by atoms with Gasteiger partial charge in [-0.3, -0.25) is 4.79 Å². The highest BCUT2D eigenvalue weighted by Crippen LogP contribution is 2.34. The first-order valence-corrected chi connectivity index (χ1v) is 13.4. The van der Waals surface area contributed by atoms with Crippen molar-refractivity contribution < 1.29 is 13.6 Å². The molecular formula is C25H20BrF2N3OS2. The smallest absolute Gasteiger partial charge is 0.228 e. The summed E-state index contributed by atoms with van der Waals surface area (Å²) in [6.45, 7) is 1.36. The standard InChI is InChI=1S/C25H20BrF2N3OS2/c26-17-3-1-2-16(10-17)22-14-34-24(30-22)15-6-8-31(9-7-15)23(32)12-19-13-33-25(29-19)20-5-4-18(27)11-21(20)28/h1-5,10-11,13-15H,6-9,12H2. The Kier molecular flexibility index (Phi) is 6.85. The number of aromatic nitrogens is 2. The van der Waals surface area contributed by atoms with Crippen molar-refractivity contribution in [2.75, 3.05) is 13.1 Å². The number of halogens is 3. The lowest BCUT2D eigenvalue weighted by atomic mass is 9.97. The van der Waals surface area contributed by atoms with Gasteiger partial charge in [-0.15, -0.1) is 22.7 Å². The summed E-state index contributed by atoms with van der Waals surface area (Å²) in [5, 5.41) is 5.43. The SMILES string of the molecule is O=C(Cc1csc(-c2ccc(F)cc2F)n1)N1CCC(c2nc(-c3cccc(Br)c3)cs2)CC1. The number of amides is 1. The second-order valence-electron chi connectivity index (χ2n) is 8.18. The van der Waals surface area contributed by atoms with Crippen LogP contribution >= 0.6 is 38.6 Å². The zero-order valence-electron chi connectivity index (χ0n) is 18.0. The number of thiazole rings is 2. The predicted molar refractivity (Wildman–Crippen MR) is 135 cm³/mol. The highest BCUT2D eigenvalue weighted by molar-refractivity contribution is 9.10. The zero-order valence-corrected chi connectivity index (χ0v) is 21.2. The molecule has 0 spiro atoms. The fourth-order valence-electron chi connectivity index (χ4n) is 4.07. The van der Waals surface area contributed by atoms with Crippen molar-refractivity contribution in [3.05, 3.63) is 80.0 Å². The normalized spacial score (nSPS) is 14.5. The molecular weight excluding hydrogens is 540 g/mol. The number of carbonyl (C=O) groups excluding carboxylic acids is 1. The van der Waals surface area contributed by atoms with Crippen LogP contribution in [0.25, 0.3) is 21.8 Å². The van der Waals surface area contributed by atoms with Gasteiger partial charge < -0.3 is 4.90 Å². The third kappa shape index (κ3) is 5.11. The number of nitrogens with zero attached hydrogens (tertiary/aromatic N) is 3. The third-order valence-corrected chi connectivity index (χ3v) is 8.31. The van der Waals surface area contributed by atoms with Crippen molar-refractivity contribution in [3.63, 3.8) is 0 Å². The lowest BCUT2D eigenvalue weighted by Gasteiger charge is -2.31. The van der Waals surface area contributed by atoms with E-state index >= 15 is 0 Å². The van der Waals surface area contributed by atoms with E-state index in [2.05, 4.69) is 38.4 Å². The van der Waals surface area contributed by atoms with Gasteiger partial charge in [-0.2, -0.15) is 0 Å². The van der Waals surface area contributed by atoms with Crippen LogP contribution < -0.4 is 0 Å². The Balaban J connectivity index is 1.18. The summed E-state index contributed by atoms with van der Waals surface area (Å²) in [4.78, 5) is 24.0. The highest BCUT2D eigenvalue weighted by atomic mass is 79.9. The van der Waals surface area contributed by atoms with E-state index in [1.165, 1.54) is 23.5 Å². The predicted octanol–water partition coefficient (Wildman–Crippen LogP) is 6.92. The van der Waals surface area contributed by atoms with E-state index in [1.807, 2.05) is 17.0 Å². The molecule has 2 aromatic heterocycles. The van der Waals surface area contributed by atoms with Crippen LogP contribution in [0.1, 0.15) is 29.5 Å². The second kappa shape index (κ2) is 10.0. The number of rotatable bonds is 5. The minimum Gasteiger partial charge on any atom is -0.342 e. The Morgan fingerprint density at radius 3 is 2.65 bits per heavy atom. The molecule has 0 saturated carbocycles. The summed E-state index contributed by atoms with van der Waals surface area (Å²) < 4.78 is 28.2. The molecule has 0 atom stereocenters. The first kappa shape index (κ1) is 23.3. The second-order valence-corrected chi connectivity index (χ2v) is 10.8. The van der Waals surface area contributed by atoms with Crippen LogP contribution in [-0.4, -0.2) is 33.9 Å². The molecule has 9 heteroatoms. The third-order valence-electron chi connectivity index (χ3n) is 5.88. The maximum Gasteiger partial charge on any atom is 0.228 e. The summed E-state index contributed by atoms with van der Waals surface area (Å²) in [7, 11) is 0. The van der Waals surface area contributed by atoms with Gasteiger partial charge in [0.25, 0.3) is 0 Å². The van der Waals surface area contributed by atoms with Crippen molar-refractivity contribution in [1.82, 2.24) is 14.9 Å². The Labute approximate surface area is 212 Å². The molecule has 4 nitrogen and oxygen atoms in total. The highest BCUT2D eigenvalue weighted by Gasteiger charge is 2.26. The minimum absolute atomic E-state index is 0.0174. The number of hydrogen-bond acceptors (Lipinski definition) is 5. The van der Waals surface area contributed by atoms with Gasteiger partial charge in [0.15, 0.2) is 0 Å². The molecule has 0 bridgehead atoms. The lowest BCUT2D eigenvalue weighted by Crippen LogP contribution is -2.38. The minimum atomic E-state index is -0.653. The van der Waals surface area contributed by atoms with Gasteiger partial charge in [0.2, 0.25) is 5.91 Å². The fourth-order valence-corrected chi connectivity index (χ4v) is 6.32. The van der Waals surface area contributed by atoms with Gasteiger partial charge in [-0.1, -0.05) is 28.1 Å². The number of piperidine rings is 1. The fraction of sp³-hybridized carbons (Fsp3) is 0.240. The Bertz CT molecular complexity index is 1330. The zero-order chi connectivity index (χ0) is 23.7. The van der Waals surface area contributed by atoms with Crippen molar-refractivity contribution in [1.29, 1.82) is 0 Å². The lowest BCUT2D eigenvalue weighted by molar-refractivity contribution is -0.131. The molecule has 5 rings (SSSR count). The monoisotopic (exact) mass is 559 g/mol. The molecule has 1 aliphatic rings. The van der Waals surface area contributed by atoms with E-state index in [0.717, 1.165) is 39.6 Å². The van der Waals surface area contributed by atoms with Crippen molar-refractivity contribution in [2.24, 2.45) is 0 Å². The molecule has 0 N–H and O–H groups in total. The maximum atomic E-state index is 14.0. The molecule has 0 unspecified atom stereocenters. The molecule has 34 heavy (non-hydrogen) atoms. The van der Waals surface area contributed by atoms with Crippen LogP contribution in [0.5, 0.6) is 0 Å². The van der Waals surface area contributed by atoms with Crippen LogP contribution in [0, 0.1) is 11.6 Å². The number of hydrogen-bond donors (Lipinski definition) is 0.